The Kier molecular flexibility index (Phi) is 11.5. The maximum absolute atomic E-state index is 11.9. The van der Waals surface area contributed by atoms with E-state index < -0.39 is 0 Å². The number of aliphatic imine (C=N–C) groups is 1. The second-order valence-corrected chi connectivity index (χ2v) is 6.84. The minimum Gasteiger partial charge on any atom is -0.354 e. The van der Waals surface area contributed by atoms with Crippen molar-refractivity contribution in [2.24, 2.45) is 10.9 Å². The van der Waals surface area contributed by atoms with Crippen molar-refractivity contribution in [1.29, 1.82) is 0 Å². The van der Waals surface area contributed by atoms with Gasteiger partial charge in [-0.1, -0.05) is 26.0 Å². The van der Waals surface area contributed by atoms with Crippen LogP contribution in [0.25, 0.3) is 0 Å². The third kappa shape index (κ3) is 9.09. The molecule has 2 N–H and O–H groups in total. The Labute approximate surface area is 169 Å². The Morgan fingerprint density at radius 2 is 1.72 bits per heavy atom. The molecule has 0 heterocycles. The van der Waals surface area contributed by atoms with Crippen molar-refractivity contribution >= 4 is 35.8 Å². The van der Waals surface area contributed by atoms with Crippen LogP contribution in [0.4, 0.5) is 0 Å². The van der Waals surface area contributed by atoms with Crippen molar-refractivity contribution in [2.45, 2.75) is 46.2 Å². The van der Waals surface area contributed by atoms with E-state index in [-0.39, 0.29) is 29.9 Å². The van der Waals surface area contributed by atoms with Gasteiger partial charge in [0, 0.05) is 39.3 Å². The summed E-state index contributed by atoms with van der Waals surface area (Å²) in [6.45, 7) is 7.33. The van der Waals surface area contributed by atoms with Gasteiger partial charge in [-0.2, -0.15) is 0 Å². The van der Waals surface area contributed by atoms with Crippen molar-refractivity contribution in [3.05, 3.63) is 35.4 Å². The highest BCUT2D eigenvalue weighted by Gasteiger charge is 2.08. The van der Waals surface area contributed by atoms with Gasteiger partial charge in [0.25, 0.3) is 5.91 Å². The van der Waals surface area contributed by atoms with Crippen molar-refractivity contribution in [3.8, 4) is 0 Å². The molecule has 0 saturated heterocycles. The van der Waals surface area contributed by atoms with Gasteiger partial charge in [0.15, 0.2) is 5.96 Å². The SMILES string of the molecule is CN=C(NCc1ccc(C(=O)N(C)C)cc1)NC(C)CCC(C)C.I. The Balaban J connectivity index is 0.00000576. The molecule has 1 aromatic rings. The molecule has 1 amide bonds. The van der Waals surface area contributed by atoms with Gasteiger partial charge in [-0.3, -0.25) is 9.79 Å². The van der Waals surface area contributed by atoms with E-state index in [1.807, 2.05) is 24.3 Å². The average Bonchev–Trinajstić information content (AvgIpc) is 2.56. The zero-order valence-electron chi connectivity index (χ0n) is 16.3. The van der Waals surface area contributed by atoms with E-state index in [1.54, 1.807) is 26.0 Å². The van der Waals surface area contributed by atoms with Gasteiger partial charge in [0.1, 0.15) is 0 Å². The van der Waals surface area contributed by atoms with E-state index >= 15 is 0 Å². The second kappa shape index (κ2) is 12.1. The Morgan fingerprint density at radius 3 is 2.20 bits per heavy atom. The van der Waals surface area contributed by atoms with Crippen LogP contribution in [0.1, 0.15) is 49.5 Å². The molecule has 0 spiro atoms. The van der Waals surface area contributed by atoms with Crippen molar-refractivity contribution in [1.82, 2.24) is 15.5 Å². The molecule has 0 saturated carbocycles. The van der Waals surface area contributed by atoms with Gasteiger partial charge < -0.3 is 15.5 Å². The predicted octanol–water partition coefficient (Wildman–Crippen LogP) is 3.50. The summed E-state index contributed by atoms with van der Waals surface area (Å²) in [7, 11) is 5.30. The largest absolute Gasteiger partial charge is 0.354 e. The maximum Gasteiger partial charge on any atom is 0.253 e. The summed E-state index contributed by atoms with van der Waals surface area (Å²) in [5.74, 6) is 1.54. The van der Waals surface area contributed by atoms with Crippen LogP contribution in [0, 0.1) is 5.92 Å². The molecule has 0 aliphatic carbocycles. The topological polar surface area (TPSA) is 56.7 Å². The van der Waals surface area contributed by atoms with Crippen LogP contribution in [0.15, 0.2) is 29.3 Å². The zero-order chi connectivity index (χ0) is 18.1. The smallest absolute Gasteiger partial charge is 0.253 e. The molecule has 0 aromatic heterocycles. The lowest BCUT2D eigenvalue weighted by atomic mass is 10.0. The van der Waals surface area contributed by atoms with Crippen molar-refractivity contribution in [2.75, 3.05) is 21.1 Å². The number of nitrogens with one attached hydrogen (secondary N) is 2. The van der Waals surface area contributed by atoms with Crippen molar-refractivity contribution in [3.63, 3.8) is 0 Å². The number of carbonyl (C=O) groups excluding carboxylic acids is 1. The van der Waals surface area contributed by atoms with E-state index in [1.165, 1.54) is 6.42 Å². The number of halogens is 1. The predicted molar refractivity (Wildman–Crippen MR) is 117 cm³/mol. The summed E-state index contributed by atoms with van der Waals surface area (Å²) in [6, 6.07) is 8.05. The standard InChI is InChI=1S/C19H32N4O.HI/c1-14(2)7-8-15(3)22-19(20-4)21-13-16-9-11-17(12-10-16)18(24)23(5)6;/h9-12,14-15H,7-8,13H2,1-6H3,(H2,20,21,22);1H. The molecule has 142 valence electrons. The van der Waals surface area contributed by atoms with Crippen LogP contribution < -0.4 is 10.6 Å². The van der Waals surface area contributed by atoms with Gasteiger partial charge >= 0.3 is 0 Å². The molecule has 1 aromatic carbocycles. The van der Waals surface area contributed by atoms with E-state index in [2.05, 4.69) is 36.4 Å². The maximum atomic E-state index is 11.9. The molecule has 5 nitrogen and oxygen atoms in total. The first-order chi connectivity index (χ1) is 11.3. The molecule has 1 unspecified atom stereocenters. The fourth-order valence-electron chi connectivity index (χ4n) is 2.29. The molecule has 0 aliphatic rings. The lowest BCUT2D eigenvalue weighted by molar-refractivity contribution is 0.0827. The lowest BCUT2D eigenvalue weighted by Gasteiger charge is -2.19. The number of amides is 1. The first-order valence-electron chi connectivity index (χ1n) is 8.61. The monoisotopic (exact) mass is 460 g/mol. The van der Waals surface area contributed by atoms with E-state index in [0.29, 0.717) is 24.1 Å². The molecular weight excluding hydrogens is 427 g/mol. The van der Waals surface area contributed by atoms with Crippen LogP contribution in [0.2, 0.25) is 0 Å². The Morgan fingerprint density at radius 1 is 1.12 bits per heavy atom. The third-order valence-corrected chi connectivity index (χ3v) is 3.85. The summed E-state index contributed by atoms with van der Waals surface area (Å²) >= 11 is 0. The molecule has 0 bridgehead atoms. The van der Waals surface area contributed by atoms with Crippen LogP contribution in [-0.4, -0.2) is 44.0 Å². The third-order valence-electron chi connectivity index (χ3n) is 3.85. The summed E-state index contributed by atoms with van der Waals surface area (Å²) < 4.78 is 0. The molecule has 1 rings (SSSR count). The number of guanidine groups is 1. The number of rotatable bonds is 7. The summed E-state index contributed by atoms with van der Waals surface area (Å²) in [4.78, 5) is 17.7. The van der Waals surface area contributed by atoms with E-state index in [9.17, 15) is 4.79 Å². The van der Waals surface area contributed by atoms with Gasteiger partial charge in [-0.15, -0.1) is 24.0 Å². The fraction of sp³-hybridized carbons (Fsp3) is 0.579. The zero-order valence-corrected chi connectivity index (χ0v) is 18.6. The van der Waals surface area contributed by atoms with Gasteiger partial charge in [0.05, 0.1) is 0 Å². The van der Waals surface area contributed by atoms with Crippen LogP contribution in [0.5, 0.6) is 0 Å². The number of benzene rings is 1. The van der Waals surface area contributed by atoms with Crippen molar-refractivity contribution < 1.29 is 4.79 Å². The minimum absolute atomic E-state index is 0. The average molecular weight is 460 g/mol. The van der Waals surface area contributed by atoms with E-state index in [4.69, 9.17) is 0 Å². The van der Waals surface area contributed by atoms with E-state index in [0.717, 1.165) is 17.9 Å². The Hall–Kier alpha value is -1.31. The highest BCUT2D eigenvalue weighted by Crippen LogP contribution is 2.07. The minimum atomic E-state index is 0. The molecule has 0 radical (unpaired) electrons. The summed E-state index contributed by atoms with van der Waals surface area (Å²) in [6.07, 6.45) is 2.33. The van der Waals surface area contributed by atoms with Gasteiger partial charge in [-0.05, 0) is 43.4 Å². The molecule has 0 aliphatic heterocycles. The summed E-state index contributed by atoms with van der Waals surface area (Å²) in [5, 5.41) is 6.73. The molecule has 6 heteroatoms. The molecular formula is C19H33IN4O. The number of nitrogens with zero attached hydrogens (tertiary/aromatic N) is 2. The van der Waals surface area contributed by atoms with Gasteiger partial charge in [0.2, 0.25) is 0 Å². The first kappa shape index (κ1) is 23.7. The first-order valence-corrected chi connectivity index (χ1v) is 8.61. The van der Waals surface area contributed by atoms with Crippen LogP contribution in [-0.2, 0) is 6.54 Å². The highest BCUT2D eigenvalue weighted by atomic mass is 127. The van der Waals surface area contributed by atoms with Gasteiger partial charge in [-0.25, -0.2) is 0 Å². The fourth-order valence-corrected chi connectivity index (χ4v) is 2.29. The van der Waals surface area contributed by atoms with Crippen LogP contribution in [0.3, 0.4) is 0 Å². The number of hydrogen-bond acceptors (Lipinski definition) is 2. The van der Waals surface area contributed by atoms with Crippen LogP contribution >= 0.6 is 24.0 Å². The highest BCUT2D eigenvalue weighted by molar-refractivity contribution is 14.0. The second-order valence-electron chi connectivity index (χ2n) is 6.84. The summed E-state index contributed by atoms with van der Waals surface area (Å²) in [5.41, 5.74) is 1.82. The normalized spacial score (nSPS) is 12.4. The molecule has 0 fully saturated rings. The lowest BCUT2D eigenvalue weighted by Crippen LogP contribution is -2.41. The molecule has 1 atom stereocenters. The number of hydrogen-bond donors (Lipinski definition) is 2. The quantitative estimate of drug-likeness (QED) is 0.372. The number of carbonyl (C=O) groups is 1. The Bertz CT molecular complexity index is 541. The molecule has 25 heavy (non-hydrogen) atoms.